The molecule has 116 valence electrons. The molecule has 0 rings (SSSR count). The van der Waals surface area contributed by atoms with Gasteiger partial charge in [0, 0.05) is 18.8 Å². The van der Waals surface area contributed by atoms with E-state index < -0.39 is 0 Å². The Hall–Kier alpha value is -0.0800. The zero-order valence-corrected chi connectivity index (χ0v) is 14.4. The molecule has 0 fully saturated rings. The van der Waals surface area contributed by atoms with Gasteiger partial charge in [0.15, 0.2) is 0 Å². The van der Waals surface area contributed by atoms with E-state index in [0.717, 1.165) is 37.5 Å². The summed E-state index contributed by atoms with van der Waals surface area (Å²) < 4.78 is 5.76. The first-order valence-electron chi connectivity index (χ1n) is 8.03. The minimum Gasteiger partial charge on any atom is -0.381 e. The number of ether oxygens (including phenoxy) is 1. The molecule has 0 aromatic rings. The van der Waals surface area contributed by atoms with E-state index in [0.29, 0.717) is 0 Å². The molecule has 19 heavy (non-hydrogen) atoms. The second kappa shape index (κ2) is 9.77. The summed E-state index contributed by atoms with van der Waals surface area (Å²) in [5, 5.41) is 3.63. The first-order chi connectivity index (χ1) is 8.70. The summed E-state index contributed by atoms with van der Waals surface area (Å²) in [6.45, 7) is 18.8. The summed E-state index contributed by atoms with van der Waals surface area (Å²) >= 11 is 0. The van der Waals surface area contributed by atoms with Crippen LogP contribution in [0, 0.1) is 17.8 Å². The molecule has 1 N–H and O–H groups in total. The number of rotatable bonds is 10. The van der Waals surface area contributed by atoms with Crippen molar-refractivity contribution in [2.24, 2.45) is 17.8 Å². The van der Waals surface area contributed by atoms with Crippen LogP contribution in [-0.2, 0) is 4.74 Å². The van der Waals surface area contributed by atoms with E-state index in [-0.39, 0.29) is 5.54 Å². The average molecular weight is 271 g/mol. The standard InChI is InChI=1S/C17H37NO/c1-14(2)8-10-19-11-9-16(12-15(3)4)13-18-17(5,6)7/h14-16,18H,8-13H2,1-7H3. The maximum Gasteiger partial charge on any atom is 0.0469 e. The Morgan fingerprint density at radius 2 is 1.47 bits per heavy atom. The van der Waals surface area contributed by atoms with Gasteiger partial charge in [-0.05, 0) is 64.3 Å². The summed E-state index contributed by atoms with van der Waals surface area (Å²) in [4.78, 5) is 0. The second-order valence-electron chi connectivity index (χ2n) is 7.71. The van der Waals surface area contributed by atoms with E-state index >= 15 is 0 Å². The molecule has 2 nitrogen and oxygen atoms in total. The third kappa shape index (κ3) is 14.1. The fraction of sp³-hybridized carbons (Fsp3) is 1.00. The predicted octanol–water partition coefficient (Wildman–Crippen LogP) is 4.49. The molecule has 1 unspecified atom stereocenters. The molecule has 2 heteroatoms. The largest absolute Gasteiger partial charge is 0.381 e. The topological polar surface area (TPSA) is 21.3 Å². The maximum atomic E-state index is 5.76. The molecule has 0 spiro atoms. The van der Waals surface area contributed by atoms with Crippen molar-refractivity contribution in [3.63, 3.8) is 0 Å². The predicted molar refractivity (Wildman–Crippen MR) is 85.6 cm³/mol. The number of hydrogen-bond acceptors (Lipinski definition) is 2. The van der Waals surface area contributed by atoms with Gasteiger partial charge in [-0.15, -0.1) is 0 Å². The fourth-order valence-corrected chi connectivity index (χ4v) is 2.09. The van der Waals surface area contributed by atoms with Gasteiger partial charge in [0.25, 0.3) is 0 Å². The summed E-state index contributed by atoms with van der Waals surface area (Å²) in [5.74, 6) is 2.25. The number of hydrogen-bond donors (Lipinski definition) is 1. The zero-order chi connectivity index (χ0) is 14.9. The van der Waals surface area contributed by atoms with Gasteiger partial charge in [-0.1, -0.05) is 27.7 Å². The van der Waals surface area contributed by atoms with E-state index in [4.69, 9.17) is 4.74 Å². The van der Waals surface area contributed by atoms with Gasteiger partial charge in [0.1, 0.15) is 0 Å². The quantitative estimate of drug-likeness (QED) is 0.591. The highest BCUT2D eigenvalue weighted by Gasteiger charge is 2.15. The van der Waals surface area contributed by atoms with E-state index in [1.165, 1.54) is 19.3 Å². The van der Waals surface area contributed by atoms with E-state index in [9.17, 15) is 0 Å². The lowest BCUT2D eigenvalue weighted by Crippen LogP contribution is -2.39. The van der Waals surface area contributed by atoms with Crippen molar-refractivity contribution in [2.45, 2.75) is 73.3 Å². The lowest BCUT2D eigenvalue weighted by atomic mass is 9.93. The molecule has 0 aliphatic rings. The molecule has 0 saturated carbocycles. The van der Waals surface area contributed by atoms with Crippen molar-refractivity contribution >= 4 is 0 Å². The van der Waals surface area contributed by atoms with Crippen molar-refractivity contribution in [1.82, 2.24) is 5.32 Å². The highest BCUT2D eigenvalue weighted by Crippen LogP contribution is 2.16. The molecule has 0 heterocycles. The Balaban J connectivity index is 3.86. The van der Waals surface area contributed by atoms with Crippen molar-refractivity contribution in [3.8, 4) is 0 Å². The summed E-state index contributed by atoms with van der Waals surface area (Å²) in [6.07, 6.45) is 3.64. The minimum absolute atomic E-state index is 0.216. The van der Waals surface area contributed by atoms with E-state index in [1.54, 1.807) is 0 Å². The van der Waals surface area contributed by atoms with Crippen LogP contribution < -0.4 is 5.32 Å². The average Bonchev–Trinajstić information content (AvgIpc) is 2.22. The van der Waals surface area contributed by atoms with Crippen molar-refractivity contribution in [1.29, 1.82) is 0 Å². The Labute approximate surface area is 121 Å². The molecule has 0 amide bonds. The SMILES string of the molecule is CC(C)CCOCCC(CNC(C)(C)C)CC(C)C. The summed E-state index contributed by atoms with van der Waals surface area (Å²) in [7, 11) is 0. The minimum atomic E-state index is 0.216. The lowest BCUT2D eigenvalue weighted by molar-refractivity contribution is 0.106. The van der Waals surface area contributed by atoms with Crippen LogP contribution in [0.5, 0.6) is 0 Å². The third-order valence-corrected chi connectivity index (χ3v) is 3.24. The monoisotopic (exact) mass is 271 g/mol. The molecule has 0 radical (unpaired) electrons. The van der Waals surface area contributed by atoms with E-state index in [1.807, 2.05) is 0 Å². The Bertz CT molecular complexity index is 206. The zero-order valence-electron chi connectivity index (χ0n) is 14.4. The van der Waals surface area contributed by atoms with Gasteiger partial charge in [0.05, 0.1) is 0 Å². The van der Waals surface area contributed by atoms with Crippen LogP contribution in [0.4, 0.5) is 0 Å². The van der Waals surface area contributed by atoms with Crippen LogP contribution in [0.3, 0.4) is 0 Å². The van der Waals surface area contributed by atoms with Crippen LogP contribution in [0.2, 0.25) is 0 Å². The molecule has 1 atom stereocenters. The molecule has 0 aromatic heterocycles. The van der Waals surface area contributed by atoms with Gasteiger partial charge >= 0.3 is 0 Å². The maximum absolute atomic E-state index is 5.76. The lowest BCUT2D eigenvalue weighted by Gasteiger charge is -2.26. The highest BCUT2D eigenvalue weighted by atomic mass is 16.5. The fourth-order valence-electron chi connectivity index (χ4n) is 2.09. The second-order valence-corrected chi connectivity index (χ2v) is 7.71. The van der Waals surface area contributed by atoms with Crippen LogP contribution in [0.15, 0.2) is 0 Å². The van der Waals surface area contributed by atoms with E-state index in [2.05, 4.69) is 53.8 Å². The normalized spacial score (nSPS) is 14.4. The van der Waals surface area contributed by atoms with Crippen molar-refractivity contribution in [2.75, 3.05) is 19.8 Å². The van der Waals surface area contributed by atoms with Gasteiger partial charge in [-0.2, -0.15) is 0 Å². The molecular weight excluding hydrogens is 234 g/mol. The Morgan fingerprint density at radius 3 is 1.95 bits per heavy atom. The van der Waals surface area contributed by atoms with Crippen LogP contribution in [-0.4, -0.2) is 25.3 Å². The number of nitrogens with one attached hydrogen (secondary N) is 1. The molecule has 0 aliphatic heterocycles. The van der Waals surface area contributed by atoms with Crippen LogP contribution >= 0.6 is 0 Å². The first-order valence-corrected chi connectivity index (χ1v) is 8.03. The van der Waals surface area contributed by atoms with Gasteiger partial charge in [0.2, 0.25) is 0 Å². The van der Waals surface area contributed by atoms with Gasteiger partial charge in [-0.25, -0.2) is 0 Å². The molecule has 0 aliphatic carbocycles. The molecule has 0 aromatic carbocycles. The van der Waals surface area contributed by atoms with Crippen LogP contribution in [0.25, 0.3) is 0 Å². The van der Waals surface area contributed by atoms with Gasteiger partial charge < -0.3 is 10.1 Å². The van der Waals surface area contributed by atoms with Gasteiger partial charge in [-0.3, -0.25) is 0 Å². The Kier molecular flexibility index (Phi) is 9.72. The van der Waals surface area contributed by atoms with Crippen molar-refractivity contribution < 1.29 is 4.74 Å². The molecule has 0 bridgehead atoms. The molecular formula is C17H37NO. The third-order valence-electron chi connectivity index (χ3n) is 3.24. The van der Waals surface area contributed by atoms with Crippen molar-refractivity contribution in [3.05, 3.63) is 0 Å². The molecule has 0 saturated heterocycles. The first kappa shape index (κ1) is 18.9. The smallest absolute Gasteiger partial charge is 0.0469 e. The summed E-state index contributed by atoms with van der Waals surface area (Å²) in [5.41, 5.74) is 0.216. The highest BCUT2D eigenvalue weighted by molar-refractivity contribution is 4.74. The Morgan fingerprint density at radius 1 is 0.895 bits per heavy atom. The summed E-state index contributed by atoms with van der Waals surface area (Å²) in [6, 6.07) is 0. The van der Waals surface area contributed by atoms with Crippen LogP contribution in [0.1, 0.15) is 67.7 Å².